The number of rotatable bonds is 7. The third kappa shape index (κ3) is 4.58. The summed E-state index contributed by atoms with van der Waals surface area (Å²) in [6, 6.07) is 11.3. The Morgan fingerprint density at radius 2 is 2.05 bits per heavy atom. The summed E-state index contributed by atoms with van der Waals surface area (Å²) in [5.41, 5.74) is 1.39. The van der Waals surface area contributed by atoms with E-state index in [1.165, 1.54) is 12.0 Å². The van der Waals surface area contributed by atoms with E-state index in [1.807, 2.05) is 0 Å². The molecule has 0 radical (unpaired) electrons. The van der Waals surface area contributed by atoms with E-state index in [0.717, 1.165) is 38.6 Å². The van der Waals surface area contributed by atoms with Gasteiger partial charge >= 0.3 is 0 Å². The predicted octanol–water partition coefficient (Wildman–Crippen LogP) is 2.21. The van der Waals surface area contributed by atoms with E-state index in [-0.39, 0.29) is 6.61 Å². The van der Waals surface area contributed by atoms with Crippen LogP contribution in [0.1, 0.15) is 25.8 Å². The van der Waals surface area contributed by atoms with Gasteiger partial charge < -0.3 is 10.0 Å². The zero-order chi connectivity index (χ0) is 14.4. The molecule has 1 aliphatic rings. The second-order valence-electron chi connectivity index (χ2n) is 6.19. The lowest BCUT2D eigenvalue weighted by Gasteiger charge is -2.29. The Morgan fingerprint density at radius 1 is 1.30 bits per heavy atom. The van der Waals surface area contributed by atoms with Gasteiger partial charge in [-0.1, -0.05) is 30.3 Å². The minimum absolute atomic E-state index is 0.282. The Kier molecular flexibility index (Phi) is 6.02. The number of hydrogen-bond donors (Lipinski definition) is 1. The highest BCUT2D eigenvalue weighted by atomic mass is 16.3. The third-order valence-electron chi connectivity index (χ3n) is 4.24. The van der Waals surface area contributed by atoms with Crippen LogP contribution >= 0.6 is 0 Å². The fraction of sp³-hybridized carbons (Fsp3) is 0.647. The van der Waals surface area contributed by atoms with Crippen molar-refractivity contribution in [3.63, 3.8) is 0 Å². The molecule has 1 unspecified atom stereocenters. The van der Waals surface area contributed by atoms with Gasteiger partial charge in [0.25, 0.3) is 0 Å². The Bertz CT molecular complexity index is 380. The summed E-state index contributed by atoms with van der Waals surface area (Å²) in [4.78, 5) is 4.95. The molecule has 0 aliphatic carbocycles. The summed E-state index contributed by atoms with van der Waals surface area (Å²) in [5, 5.41) is 9.03. The molecule has 1 aromatic carbocycles. The lowest BCUT2D eigenvalue weighted by Crippen LogP contribution is -2.36. The summed E-state index contributed by atoms with van der Waals surface area (Å²) in [5.74, 6) is 0.743. The van der Waals surface area contributed by atoms with Gasteiger partial charge in [0, 0.05) is 32.2 Å². The van der Waals surface area contributed by atoms with Crippen LogP contribution < -0.4 is 0 Å². The average Bonchev–Trinajstić information content (AvgIpc) is 2.87. The van der Waals surface area contributed by atoms with Crippen LogP contribution in [0.15, 0.2) is 30.3 Å². The molecule has 1 N–H and O–H groups in total. The maximum atomic E-state index is 9.03. The second kappa shape index (κ2) is 7.77. The van der Waals surface area contributed by atoms with Crippen LogP contribution in [0.3, 0.4) is 0 Å². The quantitative estimate of drug-likeness (QED) is 0.827. The lowest BCUT2D eigenvalue weighted by atomic mass is 10.1. The fourth-order valence-electron chi connectivity index (χ4n) is 3.01. The number of β-amino-alcohol motifs (C(OH)–C–C–N with tert-alkyl or cyclic N) is 1. The summed E-state index contributed by atoms with van der Waals surface area (Å²) in [6.45, 7) is 10.2. The number of hydrogen-bond acceptors (Lipinski definition) is 3. The van der Waals surface area contributed by atoms with Crippen molar-refractivity contribution in [2.75, 3.05) is 32.8 Å². The van der Waals surface area contributed by atoms with Crippen molar-refractivity contribution in [2.24, 2.45) is 5.92 Å². The summed E-state index contributed by atoms with van der Waals surface area (Å²) >= 11 is 0. The molecule has 1 aromatic rings. The minimum Gasteiger partial charge on any atom is -0.395 e. The van der Waals surface area contributed by atoms with Gasteiger partial charge in [-0.15, -0.1) is 0 Å². The van der Waals surface area contributed by atoms with Gasteiger partial charge in [-0.2, -0.15) is 0 Å². The van der Waals surface area contributed by atoms with E-state index in [1.54, 1.807) is 0 Å². The van der Waals surface area contributed by atoms with Crippen LogP contribution in [0, 0.1) is 5.92 Å². The molecule has 20 heavy (non-hydrogen) atoms. The smallest absolute Gasteiger partial charge is 0.0558 e. The van der Waals surface area contributed by atoms with Crippen LogP contribution in [0.2, 0.25) is 0 Å². The van der Waals surface area contributed by atoms with Crippen LogP contribution in [-0.2, 0) is 6.54 Å². The van der Waals surface area contributed by atoms with E-state index in [2.05, 4.69) is 54.0 Å². The number of aliphatic hydroxyl groups excluding tert-OH is 1. The molecule has 0 bridgehead atoms. The maximum Gasteiger partial charge on any atom is 0.0558 e. The number of nitrogens with zero attached hydrogens (tertiary/aromatic N) is 2. The molecular weight excluding hydrogens is 248 g/mol. The molecule has 2 rings (SSSR count). The van der Waals surface area contributed by atoms with Crippen LogP contribution in [-0.4, -0.2) is 53.7 Å². The average molecular weight is 276 g/mol. The highest BCUT2D eigenvalue weighted by Gasteiger charge is 2.24. The first-order valence-electron chi connectivity index (χ1n) is 7.80. The Balaban J connectivity index is 1.87. The van der Waals surface area contributed by atoms with E-state index in [0.29, 0.717) is 6.04 Å². The predicted molar refractivity (Wildman–Crippen MR) is 83.6 cm³/mol. The van der Waals surface area contributed by atoms with E-state index < -0.39 is 0 Å². The fourth-order valence-corrected chi connectivity index (χ4v) is 3.01. The van der Waals surface area contributed by atoms with Gasteiger partial charge in [-0.3, -0.25) is 4.90 Å². The van der Waals surface area contributed by atoms with Crippen molar-refractivity contribution >= 4 is 0 Å². The van der Waals surface area contributed by atoms with Crippen LogP contribution in [0.5, 0.6) is 0 Å². The van der Waals surface area contributed by atoms with Crippen molar-refractivity contribution in [1.82, 2.24) is 9.80 Å². The van der Waals surface area contributed by atoms with E-state index >= 15 is 0 Å². The number of benzene rings is 1. The molecule has 1 heterocycles. The normalized spacial score (nSPS) is 20.1. The molecule has 1 aliphatic heterocycles. The Morgan fingerprint density at radius 3 is 2.70 bits per heavy atom. The molecule has 3 heteroatoms. The van der Waals surface area contributed by atoms with Crippen molar-refractivity contribution in [2.45, 2.75) is 32.9 Å². The number of aliphatic hydroxyl groups is 1. The zero-order valence-corrected chi connectivity index (χ0v) is 12.8. The largest absolute Gasteiger partial charge is 0.395 e. The lowest BCUT2D eigenvalue weighted by molar-refractivity contribution is 0.171. The SMILES string of the molecule is CC(C)N(Cc1ccccc1)CC1CCN(CCO)C1. The molecular formula is C17H28N2O. The van der Waals surface area contributed by atoms with Gasteiger partial charge in [0.2, 0.25) is 0 Å². The van der Waals surface area contributed by atoms with Crippen LogP contribution in [0.25, 0.3) is 0 Å². The third-order valence-corrected chi connectivity index (χ3v) is 4.24. The molecule has 0 amide bonds. The molecule has 3 nitrogen and oxygen atoms in total. The summed E-state index contributed by atoms with van der Waals surface area (Å²) in [7, 11) is 0. The monoisotopic (exact) mass is 276 g/mol. The van der Waals surface area contributed by atoms with Crippen molar-refractivity contribution in [1.29, 1.82) is 0 Å². The van der Waals surface area contributed by atoms with Crippen molar-refractivity contribution in [3.05, 3.63) is 35.9 Å². The van der Waals surface area contributed by atoms with Gasteiger partial charge in [0.1, 0.15) is 0 Å². The standard InChI is InChI=1S/C17H28N2O/c1-15(2)19(13-16-6-4-3-5-7-16)14-17-8-9-18(12-17)10-11-20/h3-7,15,17,20H,8-14H2,1-2H3. The molecule has 1 fully saturated rings. The summed E-state index contributed by atoms with van der Waals surface area (Å²) < 4.78 is 0. The first kappa shape index (κ1) is 15.5. The second-order valence-corrected chi connectivity index (χ2v) is 6.19. The number of likely N-dealkylation sites (tertiary alicyclic amines) is 1. The molecule has 112 valence electrons. The Labute approximate surface area is 123 Å². The van der Waals surface area contributed by atoms with Gasteiger partial charge in [-0.25, -0.2) is 0 Å². The molecule has 0 aromatic heterocycles. The molecule has 0 saturated carbocycles. The van der Waals surface area contributed by atoms with Crippen LogP contribution in [0.4, 0.5) is 0 Å². The Hall–Kier alpha value is -0.900. The van der Waals surface area contributed by atoms with Gasteiger partial charge in [0.05, 0.1) is 6.61 Å². The minimum atomic E-state index is 0.282. The highest BCUT2D eigenvalue weighted by Crippen LogP contribution is 2.19. The molecule has 1 saturated heterocycles. The highest BCUT2D eigenvalue weighted by molar-refractivity contribution is 5.14. The van der Waals surface area contributed by atoms with Crippen molar-refractivity contribution in [3.8, 4) is 0 Å². The van der Waals surface area contributed by atoms with Gasteiger partial charge in [-0.05, 0) is 38.3 Å². The van der Waals surface area contributed by atoms with E-state index in [9.17, 15) is 0 Å². The first-order valence-corrected chi connectivity index (χ1v) is 7.80. The molecule has 0 spiro atoms. The van der Waals surface area contributed by atoms with Gasteiger partial charge in [0.15, 0.2) is 0 Å². The van der Waals surface area contributed by atoms with E-state index in [4.69, 9.17) is 5.11 Å². The molecule has 1 atom stereocenters. The zero-order valence-electron chi connectivity index (χ0n) is 12.8. The topological polar surface area (TPSA) is 26.7 Å². The van der Waals surface area contributed by atoms with Crippen molar-refractivity contribution < 1.29 is 5.11 Å². The summed E-state index contributed by atoms with van der Waals surface area (Å²) in [6.07, 6.45) is 1.26. The maximum absolute atomic E-state index is 9.03. The first-order chi connectivity index (χ1) is 9.69.